The van der Waals surface area contributed by atoms with E-state index in [1.165, 1.54) is 0 Å². The van der Waals surface area contributed by atoms with Gasteiger partial charge in [0.05, 0.1) is 19.3 Å². The van der Waals surface area contributed by atoms with Gasteiger partial charge in [0.2, 0.25) is 0 Å². The van der Waals surface area contributed by atoms with E-state index < -0.39 is 0 Å². The molecule has 0 aromatic rings. The van der Waals surface area contributed by atoms with Crippen LogP contribution in [0.1, 0.15) is 13.8 Å². The molecule has 1 atom stereocenters. The minimum Gasteiger partial charge on any atom is -0.374 e. The van der Waals surface area contributed by atoms with Gasteiger partial charge in [0.1, 0.15) is 0 Å². The second-order valence-electron chi connectivity index (χ2n) is 5.20. The number of nitrogens with one attached hydrogen (secondary N) is 1. The van der Waals surface area contributed by atoms with Gasteiger partial charge < -0.3 is 15.0 Å². The van der Waals surface area contributed by atoms with E-state index in [9.17, 15) is 0 Å². The van der Waals surface area contributed by atoms with Crippen molar-refractivity contribution in [3.63, 3.8) is 0 Å². The molecule has 2 fully saturated rings. The Morgan fingerprint density at radius 1 is 1.62 bits per heavy atom. The molecule has 2 rings (SSSR count). The van der Waals surface area contributed by atoms with Crippen LogP contribution >= 0.6 is 11.8 Å². The highest BCUT2D eigenvalue weighted by atomic mass is 32.2. The van der Waals surface area contributed by atoms with Crippen LogP contribution in [0.2, 0.25) is 0 Å². The highest BCUT2D eigenvalue weighted by molar-refractivity contribution is 8.14. The summed E-state index contributed by atoms with van der Waals surface area (Å²) < 4.78 is 5.67. The average molecular weight is 243 g/mol. The number of thioether (sulfide) groups is 1. The van der Waals surface area contributed by atoms with Crippen LogP contribution < -0.4 is 5.32 Å². The molecule has 0 aliphatic carbocycles. The fraction of sp³-hybridized carbons (Fsp3) is 0.909. The molecule has 1 unspecified atom stereocenters. The zero-order valence-corrected chi connectivity index (χ0v) is 11.1. The van der Waals surface area contributed by atoms with Crippen molar-refractivity contribution in [2.24, 2.45) is 4.99 Å². The molecule has 2 heterocycles. The lowest BCUT2D eigenvalue weighted by molar-refractivity contribution is -0.0135. The Morgan fingerprint density at radius 2 is 2.44 bits per heavy atom. The highest BCUT2D eigenvalue weighted by Gasteiger charge is 2.27. The second-order valence-corrected chi connectivity index (χ2v) is 6.16. The minimum absolute atomic E-state index is 0.188. The Labute approximate surface area is 102 Å². The molecule has 92 valence electrons. The summed E-state index contributed by atoms with van der Waals surface area (Å²) in [5.41, 5.74) is 0.188. The van der Waals surface area contributed by atoms with Crippen LogP contribution in [0.25, 0.3) is 0 Å². The zero-order chi connectivity index (χ0) is 11.6. The van der Waals surface area contributed by atoms with Gasteiger partial charge in [0.15, 0.2) is 5.17 Å². The van der Waals surface area contributed by atoms with E-state index >= 15 is 0 Å². The van der Waals surface area contributed by atoms with Crippen LogP contribution in [0, 0.1) is 0 Å². The van der Waals surface area contributed by atoms with Crippen molar-refractivity contribution in [2.75, 3.05) is 39.0 Å². The minimum atomic E-state index is 0.188. The van der Waals surface area contributed by atoms with Crippen LogP contribution in [0.4, 0.5) is 0 Å². The van der Waals surface area contributed by atoms with Gasteiger partial charge in [0, 0.05) is 24.4 Å². The number of likely N-dealkylation sites (N-methyl/N-ethyl adjacent to an activating group) is 1. The first-order valence-corrected chi connectivity index (χ1v) is 6.79. The molecule has 0 spiro atoms. The van der Waals surface area contributed by atoms with E-state index in [1.54, 1.807) is 0 Å². The second kappa shape index (κ2) is 4.94. The van der Waals surface area contributed by atoms with E-state index in [0.717, 1.165) is 37.2 Å². The molecule has 0 amide bonds. The summed E-state index contributed by atoms with van der Waals surface area (Å²) in [5, 5.41) is 4.50. The van der Waals surface area contributed by atoms with Crippen molar-refractivity contribution in [1.82, 2.24) is 10.2 Å². The van der Waals surface area contributed by atoms with Gasteiger partial charge in [0.25, 0.3) is 0 Å². The van der Waals surface area contributed by atoms with Gasteiger partial charge in [-0.3, -0.25) is 4.99 Å². The molecule has 2 aliphatic rings. The van der Waals surface area contributed by atoms with Gasteiger partial charge in [-0.25, -0.2) is 0 Å². The average Bonchev–Trinajstić information content (AvgIpc) is 2.56. The molecule has 0 aromatic carbocycles. The van der Waals surface area contributed by atoms with Crippen LogP contribution in [0.15, 0.2) is 4.99 Å². The van der Waals surface area contributed by atoms with E-state index in [-0.39, 0.29) is 11.6 Å². The summed E-state index contributed by atoms with van der Waals surface area (Å²) in [6.07, 6.45) is 0.261. The van der Waals surface area contributed by atoms with Gasteiger partial charge in [-0.2, -0.15) is 0 Å². The molecule has 4 nitrogen and oxygen atoms in total. The van der Waals surface area contributed by atoms with E-state index in [0.29, 0.717) is 0 Å². The first-order chi connectivity index (χ1) is 7.55. The fourth-order valence-electron chi connectivity index (χ4n) is 1.86. The van der Waals surface area contributed by atoms with Crippen molar-refractivity contribution in [3.05, 3.63) is 0 Å². The maximum Gasteiger partial charge on any atom is 0.157 e. The number of rotatable bonds is 2. The molecule has 2 saturated heterocycles. The Kier molecular flexibility index (Phi) is 3.77. The molecule has 1 N–H and O–H groups in total. The van der Waals surface area contributed by atoms with E-state index in [4.69, 9.17) is 4.74 Å². The summed E-state index contributed by atoms with van der Waals surface area (Å²) >= 11 is 1.81. The Bertz CT molecular complexity index is 280. The third-order valence-corrected chi connectivity index (χ3v) is 4.17. The number of morpholine rings is 1. The zero-order valence-electron chi connectivity index (χ0n) is 10.3. The van der Waals surface area contributed by atoms with Crippen molar-refractivity contribution in [1.29, 1.82) is 0 Å². The number of aliphatic imine (C=N–C) groups is 1. The SMILES string of the molecule is CN1CCOC(CN=C2NC(C)(C)CS2)C1. The highest BCUT2D eigenvalue weighted by Crippen LogP contribution is 2.22. The molecule has 16 heavy (non-hydrogen) atoms. The van der Waals surface area contributed by atoms with Crippen LogP contribution in [0.3, 0.4) is 0 Å². The van der Waals surface area contributed by atoms with Gasteiger partial charge in [-0.15, -0.1) is 0 Å². The van der Waals surface area contributed by atoms with Crippen LogP contribution in [0.5, 0.6) is 0 Å². The Balaban J connectivity index is 1.80. The van der Waals surface area contributed by atoms with Crippen molar-refractivity contribution in [3.8, 4) is 0 Å². The summed E-state index contributed by atoms with van der Waals surface area (Å²) in [5.74, 6) is 1.09. The molecule has 2 aliphatic heterocycles. The molecule has 0 aromatic heterocycles. The molecule has 0 bridgehead atoms. The maximum absolute atomic E-state index is 5.67. The first-order valence-electron chi connectivity index (χ1n) is 5.81. The van der Waals surface area contributed by atoms with Gasteiger partial charge in [-0.1, -0.05) is 11.8 Å². The lowest BCUT2D eigenvalue weighted by atomic mass is 10.1. The summed E-state index contributed by atoms with van der Waals surface area (Å²) in [4.78, 5) is 6.89. The Morgan fingerprint density at radius 3 is 3.06 bits per heavy atom. The number of amidine groups is 1. The van der Waals surface area contributed by atoms with Gasteiger partial charge >= 0.3 is 0 Å². The molecular weight excluding hydrogens is 222 g/mol. The smallest absolute Gasteiger partial charge is 0.157 e. The third-order valence-electron chi connectivity index (χ3n) is 2.80. The molecule has 5 heteroatoms. The van der Waals surface area contributed by atoms with E-state index in [2.05, 4.69) is 36.1 Å². The lowest BCUT2D eigenvalue weighted by Gasteiger charge is -2.29. The topological polar surface area (TPSA) is 36.9 Å². The number of ether oxygens (including phenoxy) is 1. The van der Waals surface area contributed by atoms with Crippen LogP contribution in [-0.4, -0.2) is 60.8 Å². The first kappa shape index (κ1) is 12.2. The monoisotopic (exact) mass is 243 g/mol. The van der Waals surface area contributed by atoms with Gasteiger partial charge in [-0.05, 0) is 20.9 Å². The maximum atomic E-state index is 5.67. The number of hydrogen-bond acceptors (Lipinski definition) is 4. The quantitative estimate of drug-likeness (QED) is 0.778. The summed E-state index contributed by atoms with van der Waals surface area (Å²) in [6.45, 7) is 8.03. The largest absolute Gasteiger partial charge is 0.374 e. The molecule has 0 radical (unpaired) electrons. The standard InChI is InChI=1S/C11H21N3OS/c1-11(2)8-16-10(13-11)12-6-9-7-14(3)4-5-15-9/h9H,4-8H2,1-3H3,(H,12,13). The lowest BCUT2D eigenvalue weighted by Crippen LogP contribution is -2.42. The number of nitrogens with zero attached hydrogens (tertiary/aromatic N) is 2. The van der Waals surface area contributed by atoms with Crippen molar-refractivity contribution < 1.29 is 4.74 Å². The normalized spacial score (nSPS) is 32.9. The fourth-order valence-corrected chi connectivity index (χ4v) is 2.94. The predicted molar refractivity (Wildman–Crippen MR) is 69.2 cm³/mol. The molecule has 0 saturated carbocycles. The summed E-state index contributed by atoms with van der Waals surface area (Å²) in [6, 6.07) is 0. The predicted octanol–water partition coefficient (Wildman–Crippen LogP) is 0.788. The van der Waals surface area contributed by atoms with E-state index in [1.807, 2.05) is 11.8 Å². The molecular formula is C11H21N3OS. The number of hydrogen-bond donors (Lipinski definition) is 1. The van der Waals surface area contributed by atoms with Crippen molar-refractivity contribution in [2.45, 2.75) is 25.5 Å². The Hall–Kier alpha value is -0.260. The van der Waals surface area contributed by atoms with Crippen molar-refractivity contribution >= 4 is 16.9 Å². The van der Waals surface area contributed by atoms with Crippen LogP contribution in [-0.2, 0) is 4.74 Å². The summed E-state index contributed by atoms with van der Waals surface area (Å²) in [7, 11) is 2.13. The third kappa shape index (κ3) is 3.37.